The van der Waals surface area contributed by atoms with Gasteiger partial charge in [-0.3, -0.25) is 4.79 Å². The molecule has 0 spiro atoms. The normalized spacial score (nSPS) is 24.9. The summed E-state index contributed by atoms with van der Waals surface area (Å²) in [5, 5.41) is 12.3. The van der Waals surface area contributed by atoms with Crippen molar-refractivity contribution in [1.82, 2.24) is 4.90 Å². The van der Waals surface area contributed by atoms with Crippen molar-refractivity contribution in [3.63, 3.8) is 0 Å². The summed E-state index contributed by atoms with van der Waals surface area (Å²) in [7, 11) is 0. The number of aliphatic carboxylic acids is 1. The number of rotatable bonds is 2. The van der Waals surface area contributed by atoms with Gasteiger partial charge in [-0.1, -0.05) is 18.2 Å². The minimum atomic E-state index is -0.902. The van der Waals surface area contributed by atoms with Crippen molar-refractivity contribution < 1.29 is 14.7 Å². The van der Waals surface area contributed by atoms with Gasteiger partial charge >= 0.3 is 5.97 Å². The number of carboxylic acids is 1. The van der Waals surface area contributed by atoms with E-state index in [4.69, 9.17) is 5.11 Å². The highest BCUT2D eigenvalue weighted by Gasteiger charge is 2.38. The molecule has 1 fully saturated rings. The number of amides is 1. The molecule has 1 aromatic carbocycles. The largest absolute Gasteiger partial charge is 0.480 e. The number of nitrogens with one attached hydrogen (secondary N) is 1. The van der Waals surface area contributed by atoms with Gasteiger partial charge in [0.1, 0.15) is 12.1 Å². The van der Waals surface area contributed by atoms with E-state index < -0.39 is 12.0 Å². The van der Waals surface area contributed by atoms with Crippen molar-refractivity contribution in [2.24, 2.45) is 0 Å². The van der Waals surface area contributed by atoms with Crippen LogP contribution in [0.2, 0.25) is 0 Å². The number of para-hydroxylation sites is 1. The summed E-state index contributed by atoms with van der Waals surface area (Å²) in [6, 6.07) is 6.84. The zero-order chi connectivity index (χ0) is 13.4. The second-order valence-electron chi connectivity index (χ2n) is 5.09. The third-order valence-corrected chi connectivity index (χ3v) is 3.89. The molecule has 100 valence electrons. The highest BCUT2D eigenvalue weighted by atomic mass is 16.4. The average Bonchev–Trinajstić information content (AvgIpc) is 3.04. The summed E-state index contributed by atoms with van der Waals surface area (Å²) < 4.78 is 0. The number of hydrogen-bond donors (Lipinski definition) is 2. The van der Waals surface area contributed by atoms with Crippen LogP contribution in [0.4, 0.5) is 5.69 Å². The number of carbonyl (C=O) groups is 2. The second kappa shape index (κ2) is 4.57. The fraction of sp³-hybridized carbons (Fsp3) is 0.429. The molecule has 1 unspecified atom stereocenters. The van der Waals surface area contributed by atoms with Gasteiger partial charge in [0.25, 0.3) is 0 Å². The van der Waals surface area contributed by atoms with E-state index in [-0.39, 0.29) is 11.9 Å². The van der Waals surface area contributed by atoms with Crippen molar-refractivity contribution in [1.29, 1.82) is 0 Å². The molecule has 3 rings (SSSR count). The Kier molecular flexibility index (Phi) is 2.89. The van der Waals surface area contributed by atoms with Crippen LogP contribution >= 0.6 is 0 Å². The first-order chi connectivity index (χ1) is 9.16. The van der Waals surface area contributed by atoms with Gasteiger partial charge in [-0.05, 0) is 24.5 Å². The summed E-state index contributed by atoms with van der Waals surface area (Å²) in [6.07, 6.45) is 1.96. The molecule has 1 amide bonds. The summed E-state index contributed by atoms with van der Waals surface area (Å²) >= 11 is 0. The van der Waals surface area contributed by atoms with E-state index in [1.807, 2.05) is 24.3 Å². The van der Waals surface area contributed by atoms with Crippen LogP contribution < -0.4 is 5.32 Å². The van der Waals surface area contributed by atoms with Gasteiger partial charge < -0.3 is 15.3 Å². The molecule has 2 N–H and O–H groups in total. The van der Waals surface area contributed by atoms with E-state index in [9.17, 15) is 9.59 Å². The zero-order valence-corrected chi connectivity index (χ0v) is 10.5. The first-order valence-corrected chi connectivity index (χ1v) is 6.54. The lowest BCUT2D eigenvalue weighted by Gasteiger charge is -2.24. The monoisotopic (exact) mass is 260 g/mol. The van der Waals surface area contributed by atoms with Gasteiger partial charge in [-0.2, -0.15) is 0 Å². The first-order valence-electron chi connectivity index (χ1n) is 6.54. The van der Waals surface area contributed by atoms with E-state index in [1.165, 1.54) is 4.90 Å². The van der Waals surface area contributed by atoms with Gasteiger partial charge in [-0.25, -0.2) is 4.79 Å². The average molecular weight is 260 g/mol. The lowest BCUT2D eigenvalue weighted by molar-refractivity contribution is -0.148. The van der Waals surface area contributed by atoms with Crippen molar-refractivity contribution in [2.75, 3.05) is 11.9 Å². The van der Waals surface area contributed by atoms with Crippen molar-refractivity contribution in [3.05, 3.63) is 29.8 Å². The Labute approximate surface area is 111 Å². The molecule has 5 heteroatoms. The molecule has 0 aromatic heterocycles. The Hall–Kier alpha value is -2.04. The molecule has 1 aromatic rings. The molecule has 0 radical (unpaired) electrons. The summed E-state index contributed by atoms with van der Waals surface area (Å²) in [5.41, 5.74) is 2.10. The van der Waals surface area contributed by atoms with Crippen molar-refractivity contribution >= 4 is 17.6 Å². The van der Waals surface area contributed by atoms with Gasteiger partial charge in [0.05, 0.1) is 0 Å². The van der Waals surface area contributed by atoms with Crippen LogP contribution in [0, 0.1) is 0 Å². The predicted molar refractivity (Wildman–Crippen MR) is 69.9 cm³/mol. The molecule has 2 aliphatic heterocycles. The number of fused-ring (bicyclic) bond motifs is 1. The molecular weight excluding hydrogens is 244 g/mol. The second-order valence-corrected chi connectivity index (χ2v) is 5.09. The van der Waals surface area contributed by atoms with Crippen molar-refractivity contribution in [3.8, 4) is 0 Å². The molecule has 0 aliphatic carbocycles. The number of anilines is 1. The number of carboxylic acid groups (broad SMARTS) is 1. The van der Waals surface area contributed by atoms with Crippen LogP contribution in [0.1, 0.15) is 18.4 Å². The highest BCUT2D eigenvalue weighted by Crippen LogP contribution is 2.28. The third-order valence-electron chi connectivity index (χ3n) is 3.89. The topological polar surface area (TPSA) is 69.6 Å². The molecule has 2 aliphatic rings. The van der Waals surface area contributed by atoms with Gasteiger partial charge in [0.15, 0.2) is 0 Å². The van der Waals surface area contributed by atoms with Gasteiger partial charge in [-0.15, -0.1) is 0 Å². The Morgan fingerprint density at radius 1 is 1.32 bits per heavy atom. The third kappa shape index (κ3) is 2.05. The van der Waals surface area contributed by atoms with Crippen LogP contribution in [-0.4, -0.2) is 40.5 Å². The molecule has 2 atom stereocenters. The first kappa shape index (κ1) is 12.0. The molecule has 0 saturated carbocycles. The SMILES string of the molecule is O=C(O)[C@@H]1CCCN1C(=O)C1Cc2ccccc2N1. The van der Waals surface area contributed by atoms with Crippen molar-refractivity contribution in [2.45, 2.75) is 31.3 Å². The predicted octanol–water partition coefficient (Wildman–Crippen LogP) is 1.10. The fourth-order valence-electron chi connectivity index (χ4n) is 2.93. The lowest BCUT2D eigenvalue weighted by atomic mass is 10.1. The van der Waals surface area contributed by atoms with Crippen LogP contribution in [-0.2, 0) is 16.0 Å². The smallest absolute Gasteiger partial charge is 0.326 e. The maximum absolute atomic E-state index is 12.4. The minimum Gasteiger partial charge on any atom is -0.480 e. The van der Waals surface area contributed by atoms with Crippen LogP contribution in [0.5, 0.6) is 0 Å². The number of carbonyl (C=O) groups excluding carboxylic acids is 1. The van der Waals surface area contributed by atoms with E-state index in [0.717, 1.165) is 17.7 Å². The Bertz CT molecular complexity index is 504. The number of benzene rings is 1. The minimum absolute atomic E-state index is 0.0962. The Balaban J connectivity index is 1.74. The molecule has 5 nitrogen and oxygen atoms in total. The zero-order valence-electron chi connectivity index (χ0n) is 10.5. The Morgan fingerprint density at radius 2 is 2.11 bits per heavy atom. The van der Waals surface area contributed by atoms with Crippen LogP contribution in [0.15, 0.2) is 24.3 Å². The standard InChI is InChI=1S/C14H16N2O3/c17-13(16-7-3-6-12(16)14(18)19)11-8-9-4-1-2-5-10(9)15-11/h1-2,4-5,11-12,15H,3,6-8H2,(H,18,19)/t11?,12-/m0/s1. The van der Waals surface area contributed by atoms with E-state index in [2.05, 4.69) is 5.32 Å². The molecule has 0 bridgehead atoms. The highest BCUT2D eigenvalue weighted by molar-refractivity contribution is 5.91. The van der Waals surface area contributed by atoms with Gasteiger partial charge in [0, 0.05) is 18.7 Å². The number of likely N-dealkylation sites (tertiary alicyclic amines) is 1. The summed E-state index contributed by atoms with van der Waals surface area (Å²) in [5.74, 6) is -0.998. The number of hydrogen-bond acceptors (Lipinski definition) is 3. The lowest BCUT2D eigenvalue weighted by Crippen LogP contribution is -2.47. The van der Waals surface area contributed by atoms with E-state index in [1.54, 1.807) is 0 Å². The van der Waals surface area contributed by atoms with E-state index >= 15 is 0 Å². The summed E-state index contributed by atoms with van der Waals surface area (Å²) in [6.45, 7) is 0.546. The maximum Gasteiger partial charge on any atom is 0.326 e. The fourth-order valence-corrected chi connectivity index (χ4v) is 2.93. The number of nitrogens with zero attached hydrogens (tertiary/aromatic N) is 1. The van der Waals surface area contributed by atoms with Crippen LogP contribution in [0.3, 0.4) is 0 Å². The quantitative estimate of drug-likeness (QED) is 0.835. The molecular formula is C14H16N2O3. The van der Waals surface area contributed by atoms with Crippen LogP contribution in [0.25, 0.3) is 0 Å². The Morgan fingerprint density at radius 3 is 2.84 bits per heavy atom. The molecule has 2 heterocycles. The summed E-state index contributed by atoms with van der Waals surface area (Å²) in [4.78, 5) is 25.1. The molecule has 19 heavy (non-hydrogen) atoms. The molecule has 1 saturated heterocycles. The maximum atomic E-state index is 12.4. The van der Waals surface area contributed by atoms with E-state index in [0.29, 0.717) is 19.4 Å². The van der Waals surface area contributed by atoms with Gasteiger partial charge in [0.2, 0.25) is 5.91 Å².